The molecule has 0 spiro atoms. The normalized spacial score (nSPS) is 14.2. The van der Waals surface area contributed by atoms with E-state index in [0.717, 1.165) is 5.69 Å². The molecule has 0 radical (unpaired) electrons. The molecule has 1 N–H and O–H groups in total. The van der Waals surface area contributed by atoms with E-state index in [9.17, 15) is 9.59 Å². The van der Waals surface area contributed by atoms with E-state index in [2.05, 4.69) is 10.3 Å². The fraction of sp³-hybridized carbons (Fsp3) is 0.261. The van der Waals surface area contributed by atoms with E-state index in [-0.39, 0.29) is 18.4 Å². The molecule has 1 aromatic heterocycles. The number of nitrogens with one attached hydrogen (secondary N) is 1. The van der Waals surface area contributed by atoms with Crippen LogP contribution in [0, 0.1) is 0 Å². The highest BCUT2D eigenvalue weighted by Crippen LogP contribution is 2.21. The van der Waals surface area contributed by atoms with Gasteiger partial charge in [-0.3, -0.25) is 14.5 Å². The van der Waals surface area contributed by atoms with Crippen LogP contribution in [0.15, 0.2) is 59.4 Å². The van der Waals surface area contributed by atoms with E-state index in [1.807, 2.05) is 39.4 Å². The molecule has 3 aromatic rings. The maximum absolute atomic E-state index is 12.9. The van der Waals surface area contributed by atoms with Gasteiger partial charge in [-0.2, -0.15) is 0 Å². The maximum Gasteiger partial charge on any atom is 0.254 e. The molecule has 2 aromatic carbocycles. The number of benzene rings is 2. The van der Waals surface area contributed by atoms with E-state index in [1.165, 1.54) is 11.3 Å². The minimum absolute atomic E-state index is 0.0377. The van der Waals surface area contributed by atoms with Crippen LogP contribution in [0.25, 0.3) is 0 Å². The van der Waals surface area contributed by atoms with Gasteiger partial charge in [0.2, 0.25) is 5.91 Å². The number of carbonyl (C=O) groups excluding carboxylic acids is 2. The number of aromatic nitrogens is 1. The summed E-state index contributed by atoms with van der Waals surface area (Å²) in [6, 6.07) is 14.4. The number of hydrogen-bond donors (Lipinski definition) is 1. The number of halogens is 1. The van der Waals surface area contributed by atoms with Gasteiger partial charge >= 0.3 is 0 Å². The third-order valence-corrected chi connectivity index (χ3v) is 6.09. The second-order valence-corrected chi connectivity index (χ2v) is 8.52. The van der Waals surface area contributed by atoms with E-state index in [1.54, 1.807) is 29.8 Å². The standard InChI is InChI=1S/C23H23ClN4O3S/c24-20-6-1-2-7-21(20)26-22(29)13-27-8-10-28(11-9-27)23(30)17-4-3-5-19(12-17)31-14-18-15-32-16-25-18/h1-7,12,15-16H,8-11,13-14H2,(H,26,29). The summed E-state index contributed by atoms with van der Waals surface area (Å²) in [7, 11) is 0. The number of anilines is 1. The Hall–Kier alpha value is -2.94. The van der Waals surface area contributed by atoms with Gasteiger partial charge in [0.15, 0.2) is 0 Å². The average Bonchev–Trinajstić information content (AvgIpc) is 3.33. The van der Waals surface area contributed by atoms with Gasteiger partial charge in [0.25, 0.3) is 5.91 Å². The van der Waals surface area contributed by atoms with Crippen LogP contribution in [-0.4, -0.2) is 59.3 Å². The largest absolute Gasteiger partial charge is 0.487 e. The van der Waals surface area contributed by atoms with Crippen molar-refractivity contribution in [3.63, 3.8) is 0 Å². The molecule has 7 nitrogen and oxygen atoms in total. The summed E-state index contributed by atoms with van der Waals surface area (Å²) in [5.74, 6) is 0.478. The molecule has 1 aliphatic rings. The number of para-hydroxylation sites is 1. The molecular weight excluding hydrogens is 448 g/mol. The van der Waals surface area contributed by atoms with Crippen molar-refractivity contribution in [3.05, 3.63) is 75.7 Å². The molecule has 0 aliphatic carbocycles. The molecular formula is C23H23ClN4O3S. The molecule has 2 amide bonds. The zero-order chi connectivity index (χ0) is 22.3. The molecule has 4 rings (SSSR count). The Balaban J connectivity index is 1.26. The highest BCUT2D eigenvalue weighted by atomic mass is 35.5. The summed E-state index contributed by atoms with van der Waals surface area (Å²) in [6.45, 7) is 3.00. The SMILES string of the molecule is O=C(CN1CCN(C(=O)c2cccc(OCc3cscn3)c2)CC1)Nc1ccccc1Cl. The smallest absolute Gasteiger partial charge is 0.254 e. The van der Waals surface area contributed by atoms with Crippen molar-refractivity contribution in [1.29, 1.82) is 0 Å². The Morgan fingerprint density at radius 1 is 1.09 bits per heavy atom. The number of amides is 2. The summed E-state index contributed by atoms with van der Waals surface area (Å²) in [5.41, 5.74) is 3.82. The molecule has 0 saturated carbocycles. The van der Waals surface area contributed by atoms with Crippen LogP contribution >= 0.6 is 22.9 Å². The molecule has 0 atom stereocenters. The second-order valence-electron chi connectivity index (χ2n) is 7.39. The Morgan fingerprint density at radius 2 is 1.91 bits per heavy atom. The third-order valence-electron chi connectivity index (χ3n) is 5.13. The zero-order valence-electron chi connectivity index (χ0n) is 17.4. The molecule has 32 heavy (non-hydrogen) atoms. The summed E-state index contributed by atoms with van der Waals surface area (Å²) < 4.78 is 5.76. The molecule has 1 aliphatic heterocycles. The molecule has 2 heterocycles. The number of thiazole rings is 1. The van der Waals surface area contributed by atoms with Crippen LogP contribution in [0.2, 0.25) is 5.02 Å². The first-order valence-corrected chi connectivity index (χ1v) is 11.6. The van der Waals surface area contributed by atoms with Gasteiger partial charge in [-0.25, -0.2) is 4.98 Å². The summed E-state index contributed by atoms with van der Waals surface area (Å²) in [4.78, 5) is 33.3. The fourth-order valence-electron chi connectivity index (χ4n) is 3.43. The zero-order valence-corrected chi connectivity index (χ0v) is 18.9. The minimum Gasteiger partial charge on any atom is -0.487 e. The highest BCUT2D eigenvalue weighted by molar-refractivity contribution is 7.07. The Kier molecular flexibility index (Phi) is 7.36. The van der Waals surface area contributed by atoms with Crippen LogP contribution in [0.1, 0.15) is 16.1 Å². The summed E-state index contributed by atoms with van der Waals surface area (Å²) in [5, 5.41) is 5.28. The van der Waals surface area contributed by atoms with Crippen LogP contribution in [0.5, 0.6) is 5.75 Å². The molecule has 1 saturated heterocycles. The lowest BCUT2D eigenvalue weighted by Crippen LogP contribution is -2.50. The number of piperazine rings is 1. The predicted octanol–water partition coefficient (Wildman–Crippen LogP) is 3.77. The van der Waals surface area contributed by atoms with E-state index in [0.29, 0.717) is 54.8 Å². The highest BCUT2D eigenvalue weighted by Gasteiger charge is 2.23. The van der Waals surface area contributed by atoms with Crippen molar-refractivity contribution < 1.29 is 14.3 Å². The van der Waals surface area contributed by atoms with E-state index in [4.69, 9.17) is 16.3 Å². The first kappa shape index (κ1) is 22.3. The van der Waals surface area contributed by atoms with Gasteiger partial charge in [0.1, 0.15) is 12.4 Å². The second kappa shape index (κ2) is 10.6. The van der Waals surface area contributed by atoms with Gasteiger partial charge in [-0.1, -0.05) is 29.8 Å². The third kappa shape index (κ3) is 5.85. The number of rotatable bonds is 7. The average molecular weight is 471 g/mol. The first-order chi connectivity index (χ1) is 15.6. The topological polar surface area (TPSA) is 74.8 Å². The van der Waals surface area contributed by atoms with Crippen LogP contribution in [0.4, 0.5) is 5.69 Å². The number of ether oxygens (including phenoxy) is 1. The summed E-state index contributed by atoms with van der Waals surface area (Å²) in [6.07, 6.45) is 0. The van der Waals surface area contributed by atoms with Crippen LogP contribution in [-0.2, 0) is 11.4 Å². The van der Waals surface area contributed by atoms with Crippen molar-refractivity contribution >= 4 is 40.4 Å². The lowest BCUT2D eigenvalue weighted by Gasteiger charge is -2.34. The predicted molar refractivity (Wildman–Crippen MR) is 125 cm³/mol. The molecule has 9 heteroatoms. The van der Waals surface area contributed by atoms with Crippen molar-refractivity contribution in [1.82, 2.24) is 14.8 Å². The van der Waals surface area contributed by atoms with Gasteiger partial charge in [0, 0.05) is 37.1 Å². The number of carbonyl (C=O) groups is 2. The molecule has 0 unspecified atom stereocenters. The van der Waals surface area contributed by atoms with Gasteiger partial charge in [-0.05, 0) is 30.3 Å². The van der Waals surface area contributed by atoms with Crippen molar-refractivity contribution in [2.75, 3.05) is 38.0 Å². The van der Waals surface area contributed by atoms with Crippen molar-refractivity contribution in [3.8, 4) is 5.75 Å². The minimum atomic E-state index is -0.122. The van der Waals surface area contributed by atoms with E-state index < -0.39 is 0 Å². The fourth-order valence-corrected chi connectivity index (χ4v) is 4.16. The van der Waals surface area contributed by atoms with Crippen LogP contribution in [0.3, 0.4) is 0 Å². The van der Waals surface area contributed by atoms with E-state index >= 15 is 0 Å². The van der Waals surface area contributed by atoms with Gasteiger partial charge in [-0.15, -0.1) is 11.3 Å². The number of nitrogens with zero attached hydrogens (tertiary/aromatic N) is 3. The lowest BCUT2D eigenvalue weighted by atomic mass is 10.1. The van der Waals surface area contributed by atoms with Crippen molar-refractivity contribution in [2.45, 2.75) is 6.61 Å². The maximum atomic E-state index is 12.9. The lowest BCUT2D eigenvalue weighted by molar-refractivity contribution is -0.117. The molecule has 0 bridgehead atoms. The van der Waals surface area contributed by atoms with Gasteiger partial charge in [0.05, 0.1) is 28.5 Å². The molecule has 1 fully saturated rings. The van der Waals surface area contributed by atoms with Crippen molar-refractivity contribution in [2.24, 2.45) is 0 Å². The first-order valence-electron chi connectivity index (χ1n) is 10.2. The Morgan fingerprint density at radius 3 is 2.66 bits per heavy atom. The monoisotopic (exact) mass is 470 g/mol. The summed E-state index contributed by atoms with van der Waals surface area (Å²) >= 11 is 7.62. The van der Waals surface area contributed by atoms with Crippen LogP contribution < -0.4 is 10.1 Å². The number of hydrogen-bond acceptors (Lipinski definition) is 6. The quantitative estimate of drug-likeness (QED) is 0.569. The molecule has 166 valence electrons. The Bertz CT molecular complexity index is 1070. The Labute approximate surface area is 195 Å². The van der Waals surface area contributed by atoms with Gasteiger partial charge < -0.3 is 15.0 Å².